The molecule has 0 saturated carbocycles. The van der Waals surface area contributed by atoms with E-state index in [1.54, 1.807) is 0 Å². The number of hydrogen-bond acceptors (Lipinski definition) is 1. The summed E-state index contributed by atoms with van der Waals surface area (Å²) in [5.41, 5.74) is 0. The van der Waals surface area contributed by atoms with E-state index in [4.69, 9.17) is 5.11 Å². The van der Waals surface area contributed by atoms with E-state index in [0.29, 0.717) is 6.42 Å². The summed E-state index contributed by atoms with van der Waals surface area (Å²) in [6, 6.07) is 0. The van der Waals surface area contributed by atoms with Gasteiger partial charge in [0.2, 0.25) is 0 Å². The van der Waals surface area contributed by atoms with Gasteiger partial charge in [-0.15, -0.1) is 0 Å². The Kier molecular flexibility index (Phi) is 15.2. The first-order valence-electron chi connectivity index (χ1n) is 8.30. The van der Waals surface area contributed by atoms with Gasteiger partial charge < -0.3 is 5.11 Å². The summed E-state index contributed by atoms with van der Waals surface area (Å²) in [5, 5.41) is 8.50. The van der Waals surface area contributed by atoms with E-state index in [1.807, 2.05) is 0 Å². The maximum Gasteiger partial charge on any atom is 0.303 e. The number of carbonyl (C=O) groups is 1. The zero-order valence-electron chi connectivity index (χ0n) is 13.2. The molecule has 0 saturated heterocycles. The van der Waals surface area contributed by atoms with Gasteiger partial charge in [0, 0.05) is 6.42 Å². The molecule has 2 nitrogen and oxygen atoms in total. The molecule has 20 heavy (non-hydrogen) atoms. The predicted molar refractivity (Wildman–Crippen MR) is 87.0 cm³/mol. The minimum absolute atomic E-state index is 0.322. The molecule has 0 spiro atoms. The molecule has 0 rings (SSSR count). The summed E-state index contributed by atoms with van der Waals surface area (Å²) in [6.45, 7) is 2.24. The number of carboxylic acid groups (broad SMARTS) is 1. The van der Waals surface area contributed by atoms with Gasteiger partial charge in [0.25, 0.3) is 0 Å². The zero-order chi connectivity index (χ0) is 14.9. The molecule has 0 unspecified atom stereocenters. The number of unbranched alkanes of at least 4 members (excludes halogenated alkanes) is 9. The van der Waals surface area contributed by atoms with Crippen LogP contribution >= 0.6 is 0 Å². The fourth-order valence-electron chi connectivity index (χ4n) is 2.11. The first-order valence-corrected chi connectivity index (χ1v) is 8.30. The summed E-state index contributed by atoms with van der Waals surface area (Å²) in [4.78, 5) is 10.3. The fraction of sp³-hybridized carbons (Fsp3) is 0.722. The molecule has 1 N–H and O–H groups in total. The number of rotatable bonds is 14. The highest BCUT2D eigenvalue weighted by molar-refractivity contribution is 5.66. The van der Waals surface area contributed by atoms with Crippen LogP contribution in [0, 0.1) is 0 Å². The Morgan fingerprint density at radius 2 is 1.30 bits per heavy atom. The molecule has 0 aromatic heterocycles. The topological polar surface area (TPSA) is 37.3 Å². The van der Waals surface area contributed by atoms with Crippen LogP contribution in [0.4, 0.5) is 0 Å². The van der Waals surface area contributed by atoms with Crippen LogP contribution in [0.1, 0.15) is 84.0 Å². The van der Waals surface area contributed by atoms with E-state index in [0.717, 1.165) is 25.7 Å². The molecule has 0 heterocycles. The van der Waals surface area contributed by atoms with Gasteiger partial charge in [-0.25, -0.2) is 0 Å². The van der Waals surface area contributed by atoms with Crippen LogP contribution in [-0.4, -0.2) is 11.1 Å². The highest BCUT2D eigenvalue weighted by atomic mass is 16.4. The van der Waals surface area contributed by atoms with Crippen LogP contribution in [0.5, 0.6) is 0 Å². The highest BCUT2D eigenvalue weighted by Crippen LogP contribution is 2.07. The van der Waals surface area contributed by atoms with Gasteiger partial charge in [0.05, 0.1) is 0 Å². The smallest absolute Gasteiger partial charge is 0.303 e. The normalized spacial score (nSPS) is 11.7. The Morgan fingerprint density at radius 1 is 0.800 bits per heavy atom. The molecule has 0 amide bonds. The summed E-state index contributed by atoms with van der Waals surface area (Å²) in [5.74, 6) is -0.672. The van der Waals surface area contributed by atoms with Crippen LogP contribution < -0.4 is 0 Å². The second-order valence-electron chi connectivity index (χ2n) is 5.41. The molecule has 0 aromatic rings. The number of aliphatic carboxylic acids is 1. The summed E-state index contributed by atoms with van der Waals surface area (Å²) in [6.07, 6.45) is 22.3. The number of carboxylic acids is 1. The molecule has 116 valence electrons. The van der Waals surface area contributed by atoms with E-state index >= 15 is 0 Å². The summed E-state index contributed by atoms with van der Waals surface area (Å²) < 4.78 is 0. The van der Waals surface area contributed by atoms with E-state index in [9.17, 15) is 4.79 Å². The second-order valence-corrected chi connectivity index (χ2v) is 5.41. The maximum atomic E-state index is 10.3. The monoisotopic (exact) mass is 280 g/mol. The zero-order valence-corrected chi connectivity index (χ0v) is 13.2. The Bertz CT molecular complexity index is 267. The van der Waals surface area contributed by atoms with Crippen molar-refractivity contribution in [3.8, 4) is 0 Å². The summed E-state index contributed by atoms with van der Waals surface area (Å²) in [7, 11) is 0. The van der Waals surface area contributed by atoms with E-state index in [2.05, 4.69) is 31.2 Å². The van der Waals surface area contributed by atoms with Crippen molar-refractivity contribution in [2.75, 3.05) is 0 Å². The number of hydrogen-bond donors (Lipinski definition) is 1. The van der Waals surface area contributed by atoms with Crippen molar-refractivity contribution in [3.63, 3.8) is 0 Å². The van der Waals surface area contributed by atoms with Crippen LogP contribution in [0.2, 0.25) is 0 Å². The van der Waals surface area contributed by atoms with Crippen LogP contribution in [0.25, 0.3) is 0 Å². The Balaban J connectivity index is 3.19. The van der Waals surface area contributed by atoms with Gasteiger partial charge in [-0.2, -0.15) is 0 Å². The van der Waals surface area contributed by atoms with Gasteiger partial charge in [0.15, 0.2) is 0 Å². The molecule has 0 bridgehead atoms. The van der Waals surface area contributed by atoms with Gasteiger partial charge in [-0.05, 0) is 32.1 Å². The van der Waals surface area contributed by atoms with Crippen LogP contribution in [-0.2, 0) is 4.79 Å². The van der Waals surface area contributed by atoms with E-state index in [-0.39, 0.29) is 0 Å². The first kappa shape index (κ1) is 18.9. The Hall–Kier alpha value is -1.05. The molecule has 0 aliphatic heterocycles. The maximum absolute atomic E-state index is 10.3. The molecular weight excluding hydrogens is 248 g/mol. The van der Waals surface area contributed by atoms with Crippen molar-refractivity contribution < 1.29 is 9.90 Å². The van der Waals surface area contributed by atoms with Crippen molar-refractivity contribution >= 4 is 5.97 Å². The first-order chi connectivity index (χ1) is 9.77. The van der Waals surface area contributed by atoms with Crippen LogP contribution in [0.3, 0.4) is 0 Å². The Morgan fingerprint density at radius 3 is 1.85 bits per heavy atom. The minimum atomic E-state index is -0.672. The van der Waals surface area contributed by atoms with Gasteiger partial charge >= 0.3 is 5.97 Å². The van der Waals surface area contributed by atoms with Crippen molar-refractivity contribution in [2.45, 2.75) is 84.0 Å². The third-order valence-corrected chi connectivity index (χ3v) is 3.37. The van der Waals surface area contributed by atoms with Crippen molar-refractivity contribution in [2.24, 2.45) is 0 Å². The quantitative estimate of drug-likeness (QED) is 0.318. The Labute approximate surface area is 125 Å². The molecular formula is C18H32O2. The van der Waals surface area contributed by atoms with Gasteiger partial charge in [-0.1, -0.05) is 69.8 Å². The van der Waals surface area contributed by atoms with E-state index < -0.39 is 5.97 Å². The standard InChI is InChI=1S/C18H32O2/c1-2-3-4-5-6-7-8-9-10-11-12-13-14-15-16-17-18(19)20/h7-10H,2-6,11-17H2,1H3,(H,19,20)/b8-7-,10-9-. The second kappa shape index (κ2) is 16.0. The third-order valence-electron chi connectivity index (χ3n) is 3.37. The average molecular weight is 280 g/mol. The molecule has 0 radical (unpaired) electrons. The van der Waals surface area contributed by atoms with Crippen LogP contribution in [0.15, 0.2) is 24.3 Å². The molecule has 2 heteroatoms. The number of allylic oxidation sites excluding steroid dienone is 4. The molecule has 0 aliphatic rings. The lowest BCUT2D eigenvalue weighted by molar-refractivity contribution is -0.137. The van der Waals surface area contributed by atoms with Gasteiger partial charge in [0.1, 0.15) is 0 Å². The van der Waals surface area contributed by atoms with Crippen molar-refractivity contribution in [1.82, 2.24) is 0 Å². The predicted octanol–water partition coefficient (Wildman–Crippen LogP) is 5.88. The lowest BCUT2D eigenvalue weighted by Crippen LogP contribution is -1.93. The molecule has 0 atom stereocenters. The lowest BCUT2D eigenvalue weighted by atomic mass is 10.1. The van der Waals surface area contributed by atoms with Crippen molar-refractivity contribution in [1.29, 1.82) is 0 Å². The van der Waals surface area contributed by atoms with E-state index in [1.165, 1.54) is 44.9 Å². The largest absolute Gasteiger partial charge is 0.481 e. The third kappa shape index (κ3) is 16.9. The highest BCUT2D eigenvalue weighted by Gasteiger charge is 1.95. The lowest BCUT2D eigenvalue weighted by Gasteiger charge is -1.97. The fourth-order valence-corrected chi connectivity index (χ4v) is 2.11. The van der Waals surface area contributed by atoms with Gasteiger partial charge in [-0.3, -0.25) is 4.79 Å². The SMILES string of the molecule is CCCCCC/C=C\C=C/CCCCCCCC(=O)O. The summed E-state index contributed by atoms with van der Waals surface area (Å²) >= 11 is 0. The minimum Gasteiger partial charge on any atom is -0.481 e. The van der Waals surface area contributed by atoms with Crippen molar-refractivity contribution in [3.05, 3.63) is 24.3 Å². The molecule has 0 aromatic carbocycles. The molecule has 0 fully saturated rings. The molecule has 0 aliphatic carbocycles. The average Bonchev–Trinajstić information content (AvgIpc) is 2.43.